The molecule has 2 heterocycles. The number of aromatic amines is 1. The highest BCUT2D eigenvalue weighted by Crippen LogP contribution is 2.25. The third-order valence-electron chi connectivity index (χ3n) is 4.75. The number of hydrogen-bond donors (Lipinski definition) is 5. The number of rotatable bonds is 10. The number of hydrogen-bond acceptors (Lipinski definition) is 6. The van der Waals surface area contributed by atoms with Gasteiger partial charge in [-0.15, -0.1) is 0 Å². The lowest BCUT2D eigenvalue weighted by molar-refractivity contribution is -0.120. The van der Waals surface area contributed by atoms with Gasteiger partial charge in [0.25, 0.3) is 5.91 Å². The second kappa shape index (κ2) is 11.1. The van der Waals surface area contributed by atoms with Gasteiger partial charge in [0.1, 0.15) is 17.3 Å². The first-order valence-electron chi connectivity index (χ1n) is 10.3. The van der Waals surface area contributed by atoms with Crippen molar-refractivity contribution in [2.75, 3.05) is 25.0 Å². The minimum Gasteiger partial charge on any atom is -0.369 e. The molecular formula is C22H25F2N7O2. The van der Waals surface area contributed by atoms with Gasteiger partial charge in [0.05, 0.1) is 18.3 Å². The van der Waals surface area contributed by atoms with Crippen molar-refractivity contribution in [3.05, 3.63) is 65.5 Å². The van der Waals surface area contributed by atoms with Crippen LogP contribution < -0.4 is 21.7 Å². The van der Waals surface area contributed by atoms with Gasteiger partial charge in [0, 0.05) is 30.9 Å². The normalized spacial score (nSPS) is 11.6. The molecule has 11 heteroatoms. The fraction of sp³-hybridized carbons (Fsp3) is 0.273. The molecule has 9 nitrogen and oxygen atoms in total. The van der Waals surface area contributed by atoms with E-state index in [1.165, 1.54) is 24.5 Å². The molecule has 1 atom stereocenters. The monoisotopic (exact) mass is 457 g/mol. The van der Waals surface area contributed by atoms with Crippen LogP contribution in [0.2, 0.25) is 0 Å². The summed E-state index contributed by atoms with van der Waals surface area (Å²) in [5, 5.41) is 14.7. The first-order chi connectivity index (χ1) is 15.9. The SMILES string of the molecule is C[C@H](CNC(=O)c1cc(F)c(-c2cn[nH]c2)nc1NCCc1cccc(F)c1)NC(=O)CN. The molecule has 0 fully saturated rings. The Bertz CT molecular complexity index is 1110. The zero-order chi connectivity index (χ0) is 23.8. The van der Waals surface area contributed by atoms with E-state index in [1.807, 2.05) is 0 Å². The van der Waals surface area contributed by atoms with Gasteiger partial charge in [0.2, 0.25) is 5.91 Å². The Morgan fingerprint density at radius 3 is 2.76 bits per heavy atom. The molecule has 0 aliphatic rings. The number of carbonyl (C=O) groups excluding carboxylic acids is 2. The minimum atomic E-state index is -0.693. The average Bonchev–Trinajstić information content (AvgIpc) is 3.33. The molecule has 0 bridgehead atoms. The summed E-state index contributed by atoms with van der Waals surface area (Å²) >= 11 is 0. The number of benzene rings is 1. The Kier molecular flexibility index (Phi) is 8.03. The fourth-order valence-corrected chi connectivity index (χ4v) is 3.12. The number of halogens is 2. The van der Waals surface area contributed by atoms with Gasteiger partial charge < -0.3 is 21.7 Å². The summed E-state index contributed by atoms with van der Waals surface area (Å²) in [6.07, 6.45) is 3.37. The summed E-state index contributed by atoms with van der Waals surface area (Å²) in [4.78, 5) is 28.5. The van der Waals surface area contributed by atoms with Crippen LogP contribution in [-0.2, 0) is 11.2 Å². The zero-order valence-electron chi connectivity index (χ0n) is 18.0. The number of nitrogens with two attached hydrogens (primary N) is 1. The number of nitrogens with one attached hydrogen (secondary N) is 4. The Hall–Kier alpha value is -3.86. The van der Waals surface area contributed by atoms with E-state index in [0.29, 0.717) is 18.5 Å². The molecule has 33 heavy (non-hydrogen) atoms. The molecule has 0 spiro atoms. The van der Waals surface area contributed by atoms with Gasteiger partial charge >= 0.3 is 0 Å². The van der Waals surface area contributed by atoms with Crippen molar-refractivity contribution >= 4 is 17.6 Å². The number of carbonyl (C=O) groups is 2. The number of nitrogens with zero attached hydrogens (tertiary/aromatic N) is 2. The van der Waals surface area contributed by atoms with Crippen LogP contribution in [-0.4, -0.2) is 52.7 Å². The molecule has 6 N–H and O–H groups in total. The van der Waals surface area contributed by atoms with Crippen LogP contribution in [0.3, 0.4) is 0 Å². The molecule has 0 unspecified atom stereocenters. The molecule has 174 valence electrons. The van der Waals surface area contributed by atoms with Crippen molar-refractivity contribution in [2.24, 2.45) is 5.73 Å². The summed E-state index contributed by atoms with van der Waals surface area (Å²) in [7, 11) is 0. The van der Waals surface area contributed by atoms with E-state index in [0.717, 1.165) is 11.6 Å². The highest BCUT2D eigenvalue weighted by atomic mass is 19.1. The Labute approximate surface area is 189 Å². The third kappa shape index (κ3) is 6.56. The summed E-state index contributed by atoms with van der Waals surface area (Å²) in [6, 6.07) is 6.89. The van der Waals surface area contributed by atoms with Crippen molar-refractivity contribution in [3.8, 4) is 11.3 Å². The number of aromatic nitrogens is 3. The average molecular weight is 457 g/mol. The van der Waals surface area contributed by atoms with E-state index >= 15 is 0 Å². The smallest absolute Gasteiger partial charge is 0.255 e. The fourth-order valence-electron chi connectivity index (χ4n) is 3.12. The van der Waals surface area contributed by atoms with Crippen LogP contribution >= 0.6 is 0 Å². The Morgan fingerprint density at radius 1 is 1.24 bits per heavy atom. The quantitative estimate of drug-likeness (QED) is 0.314. The van der Waals surface area contributed by atoms with E-state index in [9.17, 15) is 18.4 Å². The summed E-state index contributed by atoms with van der Waals surface area (Å²) in [5.74, 6) is -1.79. The molecule has 1 aromatic carbocycles. The van der Waals surface area contributed by atoms with Crippen LogP contribution in [0.15, 0.2) is 42.7 Å². The molecule has 0 aliphatic carbocycles. The van der Waals surface area contributed by atoms with Gasteiger partial charge in [-0.3, -0.25) is 14.7 Å². The van der Waals surface area contributed by atoms with Crippen molar-refractivity contribution < 1.29 is 18.4 Å². The molecule has 0 saturated carbocycles. The second-order valence-corrected chi connectivity index (χ2v) is 7.39. The lowest BCUT2D eigenvalue weighted by Gasteiger charge is -2.16. The molecule has 0 radical (unpaired) electrons. The zero-order valence-corrected chi connectivity index (χ0v) is 18.0. The first kappa shape index (κ1) is 23.8. The van der Waals surface area contributed by atoms with E-state index < -0.39 is 11.7 Å². The third-order valence-corrected chi connectivity index (χ3v) is 4.75. The second-order valence-electron chi connectivity index (χ2n) is 7.39. The molecule has 3 rings (SSSR count). The summed E-state index contributed by atoms with van der Waals surface area (Å²) in [5.41, 5.74) is 6.47. The van der Waals surface area contributed by atoms with Crippen LogP contribution in [0.4, 0.5) is 14.6 Å². The van der Waals surface area contributed by atoms with E-state index in [-0.39, 0.29) is 47.9 Å². The Balaban J connectivity index is 1.78. The minimum absolute atomic E-state index is 0.00339. The van der Waals surface area contributed by atoms with Gasteiger partial charge in [-0.2, -0.15) is 5.10 Å². The standard InChI is InChI=1S/C22H25F2N7O2/c1-13(30-19(32)9-25)10-27-22(33)17-8-18(24)20(15-11-28-29-12-15)31-21(17)26-6-5-14-3-2-4-16(23)7-14/h2-4,7-8,11-13H,5-6,9-10,25H2,1H3,(H,26,31)(H,27,33)(H,28,29)(H,30,32)/t13-/m1/s1. The molecule has 0 aliphatic heterocycles. The highest BCUT2D eigenvalue weighted by Gasteiger charge is 2.20. The molecule has 3 aromatic rings. The van der Waals surface area contributed by atoms with Crippen molar-refractivity contribution in [1.82, 2.24) is 25.8 Å². The summed E-state index contributed by atoms with van der Waals surface area (Å²) < 4.78 is 28.2. The topological polar surface area (TPSA) is 138 Å². The van der Waals surface area contributed by atoms with Gasteiger partial charge in [-0.05, 0) is 37.1 Å². The number of anilines is 1. The maximum absolute atomic E-state index is 14.8. The lowest BCUT2D eigenvalue weighted by Crippen LogP contribution is -2.44. The lowest BCUT2D eigenvalue weighted by atomic mass is 10.1. The molecule has 2 amide bonds. The molecular weight excluding hydrogens is 432 g/mol. The van der Waals surface area contributed by atoms with Gasteiger partial charge in [-0.1, -0.05) is 12.1 Å². The maximum atomic E-state index is 14.8. The predicted octanol–water partition coefficient (Wildman–Crippen LogP) is 1.60. The van der Waals surface area contributed by atoms with E-state index in [4.69, 9.17) is 5.73 Å². The molecule has 2 aromatic heterocycles. The number of pyridine rings is 1. The van der Waals surface area contributed by atoms with Gasteiger partial charge in [0.15, 0.2) is 5.82 Å². The van der Waals surface area contributed by atoms with Crippen molar-refractivity contribution in [3.63, 3.8) is 0 Å². The summed E-state index contributed by atoms with van der Waals surface area (Å²) in [6.45, 7) is 1.98. The van der Waals surface area contributed by atoms with Crippen LogP contribution in [0.5, 0.6) is 0 Å². The van der Waals surface area contributed by atoms with E-state index in [2.05, 4.69) is 31.1 Å². The van der Waals surface area contributed by atoms with Crippen molar-refractivity contribution in [1.29, 1.82) is 0 Å². The largest absolute Gasteiger partial charge is 0.369 e. The van der Waals surface area contributed by atoms with Gasteiger partial charge in [-0.25, -0.2) is 13.8 Å². The van der Waals surface area contributed by atoms with Crippen LogP contribution in [0.1, 0.15) is 22.8 Å². The van der Waals surface area contributed by atoms with Crippen molar-refractivity contribution in [2.45, 2.75) is 19.4 Å². The predicted molar refractivity (Wildman–Crippen MR) is 119 cm³/mol. The first-order valence-corrected chi connectivity index (χ1v) is 10.3. The number of amides is 2. The van der Waals surface area contributed by atoms with Crippen LogP contribution in [0.25, 0.3) is 11.3 Å². The van der Waals surface area contributed by atoms with E-state index in [1.54, 1.807) is 19.1 Å². The number of H-pyrrole nitrogens is 1. The molecule has 0 saturated heterocycles. The Morgan fingerprint density at radius 2 is 2.06 bits per heavy atom. The maximum Gasteiger partial charge on any atom is 0.255 e. The van der Waals surface area contributed by atoms with Crippen LogP contribution in [0, 0.1) is 11.6 Å². The highest BCUT2D eigenvalue weighted by molar-refractivity contribution is 5.99.